The number of hydrogen-bond acceptors (Lipinski definition) is 2. The summed E-state index contributed by atoms with van der Waals surface area (Å²) < 4.78 is 0. The highest BCUT2D eigenvalue weighted by molar-refractivity contribution is 6.33. The minimum absolute atomic E-state index is 0.0172. The molecule has 1 fully saturated rings. The van der Waals surface area contributed by atoms with Crippen molar-refractivity contribution in [3.63, 3.8) is 0 Å². The smallest absolute Gasteiger partial charge is 0.253 e. The summed E-state index contributed by atoms with van der Waals surface area (Å²) in [6.45, 7) is 2.27. The van der Waals surface area contributed by atoms with Gasteiger partial charge in [0, 0.05) is 12.0 Å². The van der Waals surface area contributed by atoms with Gasteiger partial charge in [0.05, 0.1) is 10.6 Å². The molecule has 0 aliphatic heterocycles. The van der Waals surface area contributed by atoms with E-state index >= 15 is 0 Å². The number of carbonyl (C=O) groups is 2. The van der Waals surface area contributed by atoms with Gasteiger partial charge in [0.25, 0.3) is 5.91 Å². The Bertz CT molecular complexity index is 788. The highest BCUT2D eigenvalue weighted by Gasteiger charge is 2.39. The van der Waals surface area contributed by atoms with E-state index in [-0.39, 0.29) is 17.2 Å². The van der Waals surface area contributed by atoms with Crippen LogP contribution in [0.5, 0.6) is 0 Å². The van der Waals surface area contributed by atoms with Crippen molar-refractivity contribution in [1.29, 1.82) is 0 Å². The third kappa shape index (κ3) is 3.91. The third-order valence-electron chi connectivity index (χ3n) is 5.16. The zero-order valence-corrected chi connectivity index (χ0v) is 15.6. The normalized spacial score (nSPS) is 16.2. The molecule has 1 atom stereocenters. The molecule has 136 valence electrons. The van der Waals surface area contributed by atoms with Gasteiger partial charge in [-0.25, -0.2) is 0 Å². The van der Waals surface area contributed by atoms with E-state index in [0.717, 1.165) is 12.8 Å². The third-order valence-corrected chi connectivity index (χ3v) is 5.49. The Balaban J connectivity index is 1.58. The van der Waals surface area contributed by atoms with Crippen molar-refractivity contribution in [2.75, 3.05) is 6.54 Å². The van der Waals surface area contributed by atoms with Crippen LogP contribution in [0.25, 0.3) is 0 Å². The van der Waals surface area contributed by atoms with Crippen molar-refractivity contribution in [2.24, 2.45) is 0 Å². The van der Waals surface area contributed by atoms with Crippen molar-refractivity contribution in [1.82, 2.24) is 10.6 Å². The Morgan fingerprint density at radius 3 is 2.35 bits per heavy atom. The predicted octanol–water partition coefficient (Wildman–Crippen LogP) is 3.70. The first-order valence-corrected chi connectivity index (χ1v) is 9.28. The van der Waals surface area contributed by atoms with Crippen LogP contribution in [0, 0.1) is 0 Å². The number of carbonyl (C=O) groups excluding carboxylic acids is 2. The van der Waals surface area contributed by atoms with Crippen LogP contribution in [0.4, 0.5) is 0 Å². The van der Waals surface area contributed by atoms with Crippen LogP contribution in [0.2, 0.25) is 5.02 Å². The molecular weight excluding hydrogens is 348 g/mol. The first-order chi connectivity index (χ1) is 12.5. The molecular formula is C21H23ClN2O2. The highest BCUT2D eigenvalue weighted by atomic mass is 35.5. The lowest BCUT2D eigenvalue weighted by Crippen LogP contribution is -2.51. The van der Waals surface area contributed by atoms with Gasteiger partial charge in [-0.3, -0.25) is 9.59 Å². The Morgan fingerprint density at radius 1 is 1.08 bits per heavy atom. The fraction of sp³-hybridized carbons (Fsp3) is 0.333. The highest BCUT2D eigenvalue weighted by Crippen LogP contribution is 2.43. The molecule has 3 rings (SSSR count). The molecule has 26 heavy (non-hydrogen) atoms. The van der Waals surface area contributed by atoms with Crippen LogP contribution in [0.3, 0.4) is 0 Å². The number of halogens is 1. The maximum atomic E-state index is 12.5. The van der Waals surface area contributed by atoms with Gasteiger partial charge in [0.1, 0.15) is 6.04 Å². The van der Waals surface area contributed by atoms with E-state index in [2.05, 4.69) is 22.8 Å². The minimum atomic E-state index is -0.633. The van der Waals surface area contributed by atoms with Gasteiger partial charge >= 0.3 is 0 Å². The molecule has 2 N–H and O–H groups in total. The van der Waals surface area contributed by atoms with Gasteiger partial charge in [-0.15, -0.1) is 0 Å². The molecule has 0 heterocycles. The van der Waals surface area contributed by atoms with Crippen LogP contribution in [-0.2, 0) is 10.2 Å². The summed E-state index contributed by atoms with van der Waals surface area (Å²) in [6.07, 6.45) is 3.30. The molecule has 0 bridgehead atoms. The van der Waals surface area contributed by atoms with Crippen LogP contribution < -0.4 is 10.6 Å². The molecule has 0 saturated heterocycles. The number of hydrogen-bond donors (Lipinski definition) is 2. The average Bonchev–Trinajstić information content (AvgIpc) is 2.61. The summed E-state index contributed by atoms with van der Waals surface area (Å²) in [4.78, 5) is 24.7. The lowest BCUT2D eigenvalue weighted by molar-refractivity contribution is -0.123. The summed E-state index contributed by atoms with van der Waals surface area (Å²) in [5.74, 6) is -0.535. The second-order valence-electron chi connectivity index (χ2n) is 6.89. The van der Waals surface area contributed by atoms with Crippen molar-refractivity contribution in [3.05, 3.63) is 70.7 Å². The molecule has 0 unspecified atom stereocenters. The molecule has 1 aliphatic rings. The topological polar surface area (TPSA) is 58.2 Å². The molecule has 0 aromatic heterocycles. The molecule has 2 aromatic carbocycles. The van der Waals surface area contributed by atoms with Crippen molar-refractivity contribution < 1.29 is 9.59 Å². The van der Waals surface area contributed by atoms with Gasteiger partial charge in [-0.05, 0) is 37.5 Å². The lowest BCUT2D eigenvalue weighted by Gasteiger charge is -2.42. The van der Waals surface area contributed by atoms with E-state index in [9.17, 15) is 9.59 Å². The maximum absolute atomic E-state index is 12.5. The number of nitrogens with one attached hydrogen (secondary N) is 2. The molecule has 1 saturated carbocycles. The zero-order chi connectivity index (χ0) is 18.6. The summed E-state index contributed by atoms with van der Waals surface area (Å²) in [5, 5.41) is 6.09. The van der Waals surface area contributed by atoms with E-state index in [1.165, 1.54) is 12.0 Å². The van der Waals surface area contributed by atoms with E-state index < -0.39 is 6.04 Å². The fourth-order valence-corrected chi connectivity index (χ4v) is 3.58. The number of amides is 2. The monoisotopic (exact) mass is 370 g/mol. The SMILES string of the molecule is C[C@H](NC(=O)c1ccccc1Cl)C(=O)NCC1(c2ccccc2)CCC1. The maximum Gasteiger partial charge on any atom is 0.253 e. The summed E-state index contributed by atoms with van der Waals surface area (Å²) in [5.41, 5.74) is 1.65. The van der Waals surface area contributed by atoms with Gasteiger partial charge in [-0.2, -0.15) is 0 Å². The molecule has 5 heteroatoms. The van der Waals surface area contributed by atoms with E-state index in [1.54, 1.807) is 31.2 Å². The largest absolute Gasteiger partial charge is 0.353 e. The molecule has 1 aliphatic carbocycles. The van der Waals surface area contributed by atoms with Crippen LogP contribution in [0.15, 0.2) is 54.6 Å². The van der Waals surface area contributed by atoms with E-state index in [4.69, 9.17) is 11.6 Å². The average molecular weight is 371 g/mol. The van der Waals surface area contributed by atoms with Crippen LogP contribution in [0.1, 0.15) is 42.1 Å². The predicted molar refractivity (Wildman–Crippen MR) is 103 cm³/mol. The second-order valence-corrected chi connectivity index (χ2v) is 7.30. The lowest BCUT2D eigenvalue weighted by atomic mass is 9.64. The van der Waals surface area contributed by atoms with Crippen molar-refractivity contribution in [2.45, 2.75) is 37.6 Å². The fourth-order valence-electron chi connectivity index (χ4n) is 3.36. The Labute approximate surface area is 158 Å². The van der Waals surface area contributed by atoms with E-state index in [0.29, 0.717) is 17.1 Å². The molecule has 4 nitrogen and oxygen atoms in total. The van der Waals surface area contributed by atoms with Gasteiger partial charge in [-0.1, -0.05) is 60.5 Å². The Morgan fingerprint density at radius 2 is 1.73 bits per heavy atom. The quantitative estimate of drug-likeness (QED) is 0.814. The summed E-state index contributed by atoms with van der Waals surface area (Å²) in [7, 11) is 0. The van der Waals surface area contributed by atoms with Gasteiger partial charge in [0.2, 0.25) is 5.91 Å². The summed E-state index contributed by atoms with van der Waals surface area (Å²) in [6, 6.07) is 16.5. The van der Waals surface area contributed by atoms with Crippen molar-refractivity contribution >= 4 is 23.4 Å². The minimum Gasteiger partial charge on any atom is -0.353 e. The first-order valence-electron chi connectivity index (χ1n) is 8.90. The molecule has 0 spiro atoms. The summed E-state index contributed by atoms with van der Waals surface area (Å²) >= 11 is 6.04. The van der Waals surface area contributed by atoms with Crippen molar-refractivity contribution in [3.8, 4) is 0 Å². The molecule has 0 radical (unpaired) electrons. The number of benzene rings is 2. The number of rotatable bonds is 6. The van der Waals surface area contributed by atoms with Crippen LogP contribution >= 0.6 is 11.6 Å². The first kappa shape index (κ1) is 18.5. The second kappa shape index (κ2) is 7.92. The molecule has 2 amide bonds. The standard InChI is InChI=1S/C21H23ClN2O2/c1-15(24-20(26)17-10-5-6-11-18(17)22)19(25)23-14-21(12-7-13-21)16-8-3-2-4-9-16/h2-6,8-11,15H,7,12-14H2,1H3,(H,23,25)(H,24,26)/t15-/m0/s1. The zero-order valence-electron chi connectivity index (χ0n) is 14.8. The van der Waals surface area contributed by atoms with Gasteiger partial charge in [0.15, 0.2) is 0 Å². The van der Waals surface area contributed by atoms with Crippen LogP contribution in [-0.4, -0.2) is 24.4 Å². The van der Waals surface area contributed by atoms with Gasteiger partial charge < -0.3 is 10.6 Å². The molecule has 2 aromatic rings. The van der Waals surface area contributed by atoms with E-state index in [1.807, 2.05) is 18.2 Å². The Kier molecular flexibility index (Phi) is 5.62. The Hall–Kier alpha value is -2.33.